The van der Waals surface area contributed by atoms with Crippen LogP contribution < -0.4 is 14.8 Å². The van der Waals surface area contributed by atoms with Crippen molar-refractivity contribution >= 4 is 22.5 Å². The Balaban J connectivity index is 1.75. The summed E-state index contributed by atoms with van der Waals surface area (Å²) in [6.45, 7) is 4.37. The van der Waals surface area contributed by atoms with E-state index in [0.29, 0.717) is 29.3 Å². The molecule has 0 saturated carbocycles. The average Bonchev–Trinajstić information content (AvgIpc) is 2.71. The highest BCUT2D eigenvalue weighted by molar-refractivity contribution is 6.04. The van der Waals surface area contributed by atoms with Crippen molar-refractivity contribution in [2.24, 2.45) is 0 Å². The minimum Gasteiger partial charge on any atom is -0.491 e. The molecule has 1 aromatic heterocycles. The Morgan fingerprint density at radius 3 is 2.71 bits per heavy atom. The zero-order valence-corrected chi connectivity index (χ0v) is 15.9. The lowest BCUT2D eigenvalue weighted by atomic mass is 10.1. The first-order valence-electron chi connectivity index (χ1n) is 9.32. The number of fused-ring (bicyclic) bond motifs is 1. The third-order valence-corrected chi connectivity index (χ3v) is 4.24. The van der Waals surface area contributed by atoms with Gasteiger partial charge in [-0.25, -0.2) is 4.39 Å². The summed E-state index contributed by atoms with van der Waals surface area (Å²) in [6.07, 6.45) is 2.95. The molecule has 0 bridgehead atoms. The van der Waals surface area contributed by atoms with E-state index in [1.807, 2.05) is 18.2 Å². The number of rotatable bonds is 8. The van der Waals surface area contributed by atoms with E-state index in [1.165, 1.54) is 24.3 Å². The number of benzene rings is 2. The Bertz CT molecular complexity index is 944. The van der Waals surface area contributed by atoms with Crippen LogP contribution in [0.2, 0.25) is 0 Å². The Labute approximate surface area is 163 Å². The number of nitrogens with zero attached hydrogens (tertiary/aromatic N) is 1. The van der Waals surface area contributed by atoms with Gasteiger partial charge in [0.2, 0.25) is 0 Å². The first-order valence-corrected chi connectivity index (χ1v) is 9.32. The molecule has 1 heterocycles. The van der Waals surface area contributed by atoms with E-state index in [-0.39, 0.29) is 11.7 Å². The smallest absolute Gasteiger partial charge is 0.265 e. The van der Waals surface area contributed by atoms with Crippen molar-refractivity contribution in [1.29, 1.82) is 0 Å². The fourth-order valence-corrected chi connectivity index (χ4v) is 2.70. The van der Waals surface area contributed by atoms with Crippen LogP contribution in [0.25, 0.3) is 10.9 Å². The molecule has 0 radical (unpaired) electrons. The summed E-state index contributed by atoms with van der Waals surface area (Å²) < 4.78 is 24.4. The van der Waals surface area contributed by atoms with Crippen LogP contribution in [-0.2, 0) is 4.79 Å². The molecule has 0 unspecified atom stereocenters. The Hall–Kier alpha value is -3.15. The van der Waals surface area contributed by atoms with Crippen LogP contribution in [0.4, 0.5) is 10.1 Å². The zero-order chi connectivity index (χ0) is 19.9. The Kier molecular flexibility index (Phi) is 6.42. The van der Waals surface area contributed by atoms with E-state index in [2.05, 4.69) is 17.2 Å². The van der Waals surface area contributed by atoms with Gasteiger partial charge in [0.1, 0.15) is 22.8 Å². The maximum atomic E-state index is 13.0. The largest absolute Gasteiger partial charge is 0.491 e. The standard InChI is InChI=1S/C22H23FN2O3/c1-3-4-14-27-20-12-11-19(18-6-5-13-24-21(18)20)25-22(26)15(2)28-17-9-7-16(23)8-10-17/h5-13,15H,3-4,14H2,1-2H3,(H,25,26)/t15-/m0/s1. The molecule has 1 amide bonds. The van der Waals surface area contributed by atoms with Crippen LogP contribution in [0.5, 0.6) is 11.5 Å². The van der Waals surface area contributed by atoms with Gasteiger partial charge < -0.3 is 14.8 Å². The molecule has 3 aromatic rings. The molecule has 28 heavy (non-hydrogen) atoms. The van der Waals surface area contributed by atoms with Gasteiger partial charge in [-0.05, 0) is 61.9 Å². The lowest BCUT2D eigenvalue weighted by Gasteiger charge is -2.16. The van der Waals surface area contributed by atoms with Crippen molar-refractivity contribution in [3.8, 4) is 11.5 Å². The van der Waals surface area contributed by atoms with E-state index in [0.717, 1.165) is 18.2 Å². The number of hydrogen-bond donors (Lipinski definition) is 1. The summed E-state index contributed by atoms with van der Waals surface area (Å²) in [6, 6.07) is 12.9. The minimum atomic E-state index is -0.752. The number of pyridine rings is 1. The summed E-state index contributed by atoms with van der Waals surface area (Å²) in [5, 5.41) is 3.67. The lowest BCUT2D eigenvalue weighted by Crippen LogP contribution is -2.30. The normalized spacial score (nSPS) is 11.8. The molecule has 0 saturated heterocycles. The van der Waals surface area contributed by atoms with Crippen LogP contribution in [0.1, 0.15) is 26.7 Å². The summed E-state index contributed by atoms with van der Waals surface area (Å²) in [5.41, 5.74) is 1.33. The molecule has 0 aliphatic rings. The van der Waals surface area contributed by atoms with Crippen molar-refractivity contribution in [3.05, 3.63) is 60.5 Å². The third kappa shape index (κ3) is 4.76. The molecule has 0 fully saturated rings. The highest BCUT2D eigenvalue weighted by Gasteiger charge is 2.17. The van der Waals surface area contributed by atoms with Gasteiger partial charge >= 0.3 is 0 Å². The SMILES string of the molecule is CCCCOc1ccc(NC(=O)[C@H](C)Oc2ccc(F)cc2)c2cccnc12. The molecule has 0 spiro atoms. The Morgan fingerprint density at radius 1 is 1.18 bits per heavy atom. The van der Waals surface area contributed by atoms with E-state index >= 15 is 0 Å². The number of amides is 1. The van der Waals surface area contributed by atoms with Crippen LogP contribution in [0.3, 0.4) is 0 Å². The number of halogens is 1. The van der Waals surface area contributed by atoms with E-state index in [1.54, 1.807) is 19.2 Å². The first-order chi connectivity index (χ1) is 13.6. The maximum Gasteiger partial charge on any atom is 0.265 e. The van der Waals surface area contributed by atoms with Crippen molar-refractivity contribution < 1.29 is 18.7 Å². The van der Waals surface area contributed by atoms with Gasteiger partial charge in [0.15, 0.2) is 6.10 Å². The predicted molar refractivity (Wildman–Crippen MR) is 107 cm³/mol. The van der Waals surface area contributed by atoms with Crippen molar-refractivity contribution in [3.63, 3.8) is 0 Å². The van der Waals surface area contributed by atoms with Gasteiger partial charge in [-0.15, -0.1) is 0 Å². The molecule has 6 heteroatoms. The number of aromatic nitrogens is 1. The summed E-state index contributed by atoms with van der Waals surface area (Å²) in [5.74, 6) is 0.451. The second kappa shape index (κ2) is 9.17. The van der Waals surface area contributed by atoms with Crippen molar-refractivity contribution in [1.82, 2.24) is 4.98 Å². The number of carbonyl (C=O) groups excluding carboxylic acids is 1. The molecule has 0 aliphatic carbocycles. The average molecular weight is 382 g/mol. The fraction of sp³-hybridized carbons (Fsp3) is 0.273. The Morgan fingerprint density at radius 2 is 1.96 bits per heavy atom. The van der Waals surface area contributed by atoms with Gasteiger partial charge in [-0.1, -0.05) is 13.3 Å². The van der Waals surface area contributed by atoms with E-state index < -0.39 is 6.10 Å². The number of nitrogens with one attached hydrogen (secondary N) is 1. The highest BCUT2D eigenvalue weighted by Crippen LogP contribution is 2.30. The van der Waals surface area contributed by atoms with Gasteiger partial charge in [-0.3, -0.25) is 9.78 Å². The quantitative estimate of drug-likeness (QED) is 0.560. The molecule has 5 nitrogen and oxygen atoms in total. The first kappa shape index (κ1) is 19.6. The monoisotopic (exact) mass is 382 g/mol. The van der Waals surface area contributed by atoms with Crippen LogP contribution >= 0.6 is 0 Å². The van der Waals surface area contributed by atoms with Crippen LogP contribution in [-0.4, -0.2) is 23.6 Å². The zero-order valence-electron chi connectivity index (χ0n) is 15.9. The lowest BCUT2D eigenvalue weighted by molar-refractivity contribution is -0.122. The molecule has 2 aromatic carbocycles. The van der Waals surface area contributed by atoms with E-state index in [9.17, 15) is 9.18 Å². The number of carbonyl (C=O) groups is 1. The second-order valence-electron chi connectivity index (χ2n) is 6.42. The molecule has 0 aliphatic heterocycles. The molecule has 3 rings (SSSR count). The van der Waals surface area contributed by atoms with Crippen molar-refractivity contribution in [2.75, 3.05) is 11.9 Å². The number of hydrogen-bond acceptors (Lipinski definition) is 4. The second-order valence-corrected chi connectivity index (χ2v) is 6.42. The topological polar surface area (TPSA) is 60.5 Å². The summed E-state index contributed by atoms with van der Waals surface area (Å²) in [4.78, 5) is 17.0. The van der Waals surface area contributed by atoms with Crippen molar-refractivity contribution in [2.45, 2.75) is 32.8 Å². The van der Waals surface area contributed by atoms with Crippen LogP contribution in [0, 0.1) is 5.82 Å². The molecular weight excluding hydrogens is 359 g/mol. The fourth-order valence-electron chi connectivity index (χ4n) is 2.70. The third-order valence-electron chi connectivity index (χ3n) is 4.24. The van der Waals surface area contributed by atoms with Gasteiger partial charge in [0.25, 0.3) is 5.91 Å². The van der Waals surface area contributed by atoms with Crippen LogP contribution in [0.15, 0.2) is 54.7 Å². The van der Waals surface area contributed by atoms with Gasteiger partial charge in [0, 0.05) is 11.6 Å². The number of unbranched alkanes of at least 4 members (excludes halogenated alkanes) is 1. The minimum absolute atomic E-state index is 0.311. The maximum absolute atomic E-state index is 13.0. The van der Waals surface area contributed by atoms with Gasteiger partial charge in [0.05, 0.1) is 12.3 Å². The molecule has 1 atom stereocenters. The van der Waals surface area contributed by atoms with E-state index in [4.69, 9.17) is 9.47 Å². The molecule has 1 N–H and O–H groups in total. The van der Waals surface area contributed by atoms with Gasteiger partial charge in [-0.2, -0.15) is 0 Å². The molecule has 146 valence electrons. The number of anilines is 1. The summed E-state index contributed by atoms with van der Waals surface area (Å²) in [7, 11) is 0. The molecular formula is C22H23FN2O3. The summed E-state index contributed by atoms with van der Waals surface area (Å²) >= 11 is 0. The predicted octanol–water partition coefficient (Wildman–Crippen LogP) is 4.96. The highest BCUT2D eigenvalue weighted by atomic mass is 19.1. The number of ether oxygens (including phenoxy) is 2.